The minimum Gasteiger partial charge on any atom is -0.455 e. The van der Waals surface area contributed by atoms with Crippen LogP contribution in [-0.2, 0) is 0 Å². The predicted molar refractivity (Wildman–Crippen MR) is 90.1 cm³/mol. The Labute approximate surface area is 142 Å². The van der Waals surface area contributed by atoms with Crippen LogP contribution in [0.3, 0.4) is 0 Å². The SMILES string of the molecule is O=C(N/N=C/c1ccc(-c2cccc([N+](=O)[O-])c2)o1)c1cccnc1. The molecule has 2 aromatic heterocycles. The molecule has 0 bridgehead atoms. The number of amides is 1. The first-order valence-electron chi connectivity index (χ1n) is 7.21. The molecule has 3 aromatic rings. The van der Waals surface area contributed by atoms with Gasteiger partial charge in [-0.3, -0.25) is 19.9 Å². The van der Waals surface area contributed by atoms with Crippen LogP contribution >= 0.6 is 0 Å². The molecular formula is C17H12N4O4. The fourth-order valence-corrected chi connectivity index (χ4v) is 2.07. The fraction of sp³-hybridized carbons (Fsp3) is 0. The summed E-state index contributed by atoms with van der Waals surface area (Å²) < 4.78 is 5.56. The van der Waals surface area contributed by atoms with Crippen LogP contribution in [0, 0.1) is 10.1 Å². The Kier molecular flexibility index (Phi) is 4.61. The molecule has 0 unspecified atom stereocenters. The van der Waals surface area contributed by atoms with Crippen molar-refractivity contribution in [2.24, 2.45) is 5.10 Å². The Morgan fingerprint density at radius 2 is 2.12 bits per heavy atom. The Balaban J connectivity index is 1.68. The number of non-ortho nitro benzene ring substituents is 1. The summed E-state index contributed by atoms with van der Waals surface area (Å²) in [5.74, 6) is 0.464. The number of aromatic nitrogens is 1. The van der Waals surface area contributed by atoms with Crippen LogP contribution in [0.4, 0.5) is 5.69 Å². The Hall–Kier alpha value is -3.81. The van der Waals surface area contributed by atoms with Crippen molar-refractivity contribution < 1.29 is 14.1 Å². The average Bonchev–Trinajstić information content (AvgIpc) is 3.11. The lowest BCUT2D eigenvalue weighted by Crippen LogP contribution is -2.17. The number of furan rings is 1. The first-order valence-corrected chi connectivity index (χ1v) is 7.21. The molecule has 0 aliphatic rings. The van der Waals surface area contributed by atoms with Crippen LogP contribution in [-0.4, -0.2) is 22.0 Å². The number of carbonyl (C=O) groups is 1. The van der Waals surface area contributed by atoms with E-state index in [4.69, 9.17) is 4.42 Å². The number of nitro benzene ring substituents is 1. The van der Waals surface area contributed by atoms with Gasteiger partial charge in [-0.1, -0.05) is 12.1 Å². The number of rotatable bonds is 5. The number of nitrogens with one attached hydrogen (secondary N) is 1. The van der Waals surface area contributed by atoms with Crippen LogP contribution in [0.1, 0.15) is 16.1 Å². The molecule has 0 atom stereocenters. The lowest BCUT2D eigenvalue weighted by atomic mass is 10.1. The molecule has 0 aliphatic carbocycles. The second-order valence-corrected chi connectivity index (χ2v) is 4.95. The molecular weight excluding hydrogens is 324 g/mol. The molecule has 8 heteroatoms. The van der Waals surface area contributed by atoms with Gasteiger partial charge in [0, 0.05) is 30.1 Å². The number of hydrogen-bond donors (Lipinski definition) is 1. The maximum absolute atomic E-state index is 11.8. The van der Waals surface area contributed by atoms with Gasteiger partial charge in [0.1, 0.15) is 11.5 Å². The van der Waals surface area contributed by atoms with E-state index >= 15 is 0 Å². The van der Waals surface area contributed by atoms with Gasteiger partial charge in [-0.2, -0.15) is 5.10 Å². The smallest absolute Gasteiger partial charge is 0.272 e. The summed E-state index contributed by atoms with van der Waals surface area (Å²) in [6.45, 7) is 0. The Morgan fingerprint density at radius 1 is 1.24 bits per heavy atom. The van der Waals surface area contributed by atoms with Crippen molar-refractivity contribution >= 4 is 17.8 Å². The van der Waals surface area contributed by atoms with E-state index < -0.39 is 10.8 Å². The van der Waals surface area contributed by atoms with Crippen molar-refractivity contribution in [1.29, 1.82) is 0 Å². The topological polar surface area (TPSA) is 111 Å². The zero-order chi connectivity index (χ0) is 17.6. The first-order chi connectivity index (χ1) is 12.1. The summed E-state index contributed by atoms with van der Waals surface area (Å²) in [6.07, 6.45) is 4.34. The molecule has 3 rings (SSSR count). The van der Waals surface area contributed by atoms with Crippen molar-refractivity contribution in [3.8, 4) is 11.3 Å². The van der Waals surface area contributed by atoms with E-state index in [-0.39, 0.29) is 5.69 Å². The highest BCUT2D eigenvalue weighted by atomic mass is 16.6. The molecule has 0 saturated carbocycles. The van der Waals surface area contributed by atoms with E-state index in [0.29, 0.717) is 22.6 Å². The van der Waals surface area contributed by atoms with Gasteiger partial charge >= 0.3 is 0 Å². The van der Waals surface area contributed by atoms with Crippen molar-refractivity contribution in [1.82, 2.24) is 10.4 Å². The molecule has 25 heavy (non-hydrogen) atoms. The Bertz CT molecular complexity index is 935. The molecule has 1 amide bonds. The summed E-state index contributed by atoms with van der Waals surface area (Å²) >= 11 is 0. The number of nitrogens with zero attached hydrogens (tertiary/aromatic N) is 3. The van der Waals surface area contributed by atoms with E-state index in [0.717, 1.165) is 0 Å². The third-order valence-electron chi connectivity index (χ3n) is 3.25. The van der Waals surface area contributed by atoms with Gasteiger partial charge in [-0.05, 0) is 24.3 Å². The van der Waals surface area contributed by atoms with Gasteiger partial charge in [-0.25, -0.2) is 5.43 Å². The summed E-state index contributed by atoms with van der Waals surface area (Å²) in [7, 11) is 0. The number of benzene rings is 1. The first kappa shape index (κ1) is 16.1. The van der Waals surface area contributed by atoms with Crippen molar-refractivity contribution in [3.63, 3.8) is 0 Å². The van der Waals surface area contributed by atoms with Gasteiger partial charge in [-0.15, -0.1) is 0 Å². The number of hydrazone groups is 1. The van der Waals surface area contributed by atoms with Crippen LogP contribution in [0.5, 0.6) is 0 Å². The highest BCUT2D eigenvalue weighted by Crippen LogP contribution is 2.25. The second kappa shape index (κ2) is 7.18. The minimum absolute atomic E-state index is 0.0205. The van der Waals surface area contributed by atoms with Crippen LogP contribution < -0.4 is 5.43 Å². The lowest BCUT2D eigenvalue weighted by molar-refractivity contribution is -0.384. The lowest BCUT2D eigenvalue weighted by Gasteiger charge is -1.98. The minimum atomic E-state index is -0.469. The van der Waals surface area contributed by atoms with E-state index in [1.54, 1.807) is 42.6 Å². The zero-order valence-corrected chi connectivity index (χ0v) is 12.8. The molecule has 0 aliphatic heterocycles. The van der Waals surface area contributed by atoms with Gasteiger partial charge in [0.05, 0.1) is 16.7 Å². The third kappa shape index (κ3) is 3.94. The number of hydrogen-bond acceptors (Lipinski definition) is 6. The van der Waals surface area contributed by atoms with Crippen LogP contribution in [0.15, 0.2) is 70.4 Å². The van der Waals surface area contributed by atoms with Crippen molar-refractivity contribution in [2.75, 3.05) is 0 Å². The maximum atomic E-state index is 11.8. The predicted octanol–water partition coefficient (Wildman–Crippen LogP) is 3.01. The van der Waals surface area contributed by atoms with Gasteiger partial charge in [0.15, 0.2) is 0 Å². The van der Waals surface area contributed by atoms with E-state index in [1.165, 1.54) is 24.5 Å². The van der Waals surface area contributed by atoms with Gasteiger partial charge in [0.25, 0.3) is 11.6 Å². The van der Waals surface area contributed by atoms with Crippen LogP contribution in [0.25, 0.3) is 11.3 Å². The molecule has 1 N–H and O–H groups in total. The molecule has 0 radical (unpaired) electrons. The maximum Gasteiger partial charge on any atom is 0.272 e. The molecule has 2 heterocycles. The second-order valence-electron chi connectivity index (χ2n) is 4.95. The molecule has 124 valence electrons. The quantitative estimate of drug-likeness (QED) is 0.437. The van der Waals surface area contributed by atoms with Gasteiger partial charge < -0.3 is 4.42 Å². The highest BCUT2D eigenvalue weighted by molar-refractivity contribution is 5.94. The van der Waals surface area contributed by atoms with Crippen molar-refractivity contribution in [2.45, 2.75) is 0 Å². The number of pyridine rings is 1. The number of nitro groups is 1. The molecule has 0 spiro atoms. The van der Waals surface area contributed by atoms with E-state index in [2.05, 4.69) is 15.5 Å². The monoisotopic (exact) mass is 336 g/mol. The summed E-state index contributed by atoms with van der Waals surface area (Å²) in [5.41, 5.74) is 3.30. The largest absolute Gasteiger partial charge is 0.455 e. The highest BCUT2D eigenvalue weighted by Gasteiger charge is 2.10. The third-order valence-corrected chi connectivity index (χ3v) is 3.25. The molecule has 8 nitrogen and oxygen atoms in total. The normalized spacial score (nSPS) is 10.7. The van der Waals surface area contributed by atoms with Gasteiger partial charge in [0.2, 0.25) is 0 Å². The van der Waals surface area contributed by atoms with E-state index in [9.17, 15) is 14.9 Å². The van der Waals surface area contributed by atoms with Crippen molar-refractivity contribution in [3.05, 3.63) is 82.4 Å². The van der Waals surface area contributed by atoms with E-state index in [1.807, 2.05) is 0 Å². The zero-order valence-electron chi connectivity index (χ0n) is 12.8. The summed E-state index contributed by atoms with van der Waals surface area (Å²) in [6, 6.07) is 12.7. The standard InChI is InChI=1S/C17H12N4O4/c22-17(13-4-2-8-18-10-13)20-19-11-15-6-7-16(25-15)12-3-1-5-14(9-12)21(23)24/h1-11H,(H,20,22)/b19-11+. The average molecular weight is 336 g/mol. The Morgan fingerprint density at radius 3 is 2.88 bits per heavy atom. The fourth-order valence-electron chi connectivity index (χ4n) is 2.07. The molecule has 1 aromatic carbocycles. The summed E-state index contributed by atoms with van der Waals surface area (Å²) in [5, 5.41) is 14.6. The molecule has 0 fully saturated rings. The van der Waals surface area contributed by atoms with Crippen LogP contribution in [0.2, 0.25) is 0 Å². The summed E-state index contributed by atoms with van der Waals surface area (Å²) in [4.78, 5) is 26.0. The number of carbonyl (C=O) groups excluding carboxylic acids is 1. The molecule has 0 saturated heterocycles.